The molecule has 0 aliphatic heterocycles. The zero-order chi connectivity index (χ0) is 20.9. The average molecular weight is 431 g/mol. The summed E-state index contributed by atoms with van der Waals surface area (Å²) in [6.45, 7) is 1.64. The van der Waals surface area contributed by atoms with Crippen LogP contribution in [0.3, 0.4) is 0 Å². The van der Waals surface area contributed by atoms with E-state index in [2.05, 4.69) is 10.0 Å². The van der Waals surface area contributed by atoms with Gasteiger partial charge < -0.3 is 10.1 Å². The molecule has 0 atom stereocenters. The normalized spacial score (nSPS) is 11.0. The highest BCUT2D eigenvalue weighted by Crippen LogP contribution is 2.21. The molecule has 0 aliphatic rings. The number of para-hydroxylation sites is 1. The molecule has 150 valence electrons. The second-order valence-corrected chi connectivity index (χ2v) is 8.35. The van der Waals surface area contributed by atoms with Crippen LogP contribution in [0.25, 0.3) is 0 Å². The molecule has 0 saturated carbocycles. The molecule has 3 rings (SSSR count). The number of nitrogens with one attached hydrogen (secondary N) is 2. The van der Waals surface area contributed by atoms with Gasteiger partial charge in [0.2, 0.25) is 0 Å². The number of amides is 1. The standard InChI is InChI=1S/C21H19ClN2O4S/c1-15-4-2-3-5-20(15)24-29(26,27)19-12-8-17(9-13-19)23-21(25)14-28-18-10-6-16(22)7-11-18/h2-13,24H,14H2,1H3,(H,23,25). The van der Waals surface area contributed by atoms with Gasteiger partial charge in [0.1, 0.15) is 5.75 Å². The Morgan fingerprint density at radius 2 is 1.62 bits per heavy atom. The molecule has 0 heterocycles. The number of aryl methyl sites for hydroxylation is 1. The molecule has 0 bridgehead atoms. The molecule has 3 aromatic rings. The van der Waals surface area contributed by atoms with Crippen LogP contribution in [0, 0.1) is 6.92 Å². The number of ether oxygens (including phenoxy) is 1. The summed E-state index contributed by atoms with van der Waals surface area (Å²) in [5, 5.41) is 3.23. The summed E-state index contributed by atoms with van der Waals surface area (Å²) in [6.07, 6.45) is 0. The molecule has 0 aromatic heterocycles. The molecule has 8 heteroatoms. The first-order chi connectivity index (χ1) is 13.8. The van der Waals surface area contributed by atoms with Gasteiger partial charge in [-0.3, -0.25) is 9.52 Å². The van der Waals surface area contributed by atoms with Crippen molar-refractivity contribution in [3.05, 3.63) is 83.4 Å². The highest BCUT2D eigenvalue weighted by atomic mass is 35.5. The summed E-state index contributed by atoms with van der Waals surface area (Å²) in [5.74, 6) is 0.155. The minimum Gasteiger partial charge on any atom is -0.484 e. The van der Waals surface area contributed by atoms with Crippen molar-refractivity contribution in [3.63, 3.8) is 0 Å². The maximum atomic E-state index is 12.5. The quantitative estimate of drug-likeness (QED) is 0.579. The number of hydrogen-bond acceptors (Lipinski definition) is 4. The van der Waals surface area contributed by atoms with Gasteiger partial charge in [-0.25, -0.2) is 8.42 Å². The fourth-order valence-electron chi connectivity index (χ4n) is 2.49. The lowest BCUT2D eigenvalue weighted by molar-refractivity contribution is -0.118. The highest BCUT2D eigenvalue weighted by molar-refractivity contribution is 7.92. The van der Waals surface area contributed by atoms with Crippen LogP contribution in [0.2, 0.25) is 5.02 Å². The summed E-state index contributed by atoms with van der Waals surface area (Å²) in [4.78, 5) is 12.1. The fourth-order valence-corrected chi connectivity index (χ4v) is 3.74. The summed E-state index contributed by atoms with van der Waals surface area (Å²) >= 11 is 5.80. The summed E-state index contributed by atoms with van der Waals surface area (Å²) < 4.78 is 33.0. The molecular formula is C21H19ClN2O4S. The van der Waals surface area contributed by atoms with Crippen LogP contribution in [-0.4, -0.2) is 20.9 Å². The van der Waals surface area contributed by atoms with Crippen LogP contribution in [0.15, 0.2) is 77.7 Å². The molecule has 0 fully saturated rings. The molecule has 1 amide bonds. The van der Waals surface area contributed by atoms with E-state index in [4.69, 9.17) is 16.3 Å². The molecule has 0 spiro atoms. The first-order valence-corrected chi connectivity index (χ1v) is 10.6. The Hall–Kier alpha value is -3.03. The Morgan fingerprint density at radius 1 is 0.966 bits per heavy atom. The second kappa shape index (κ2) is 8.98. The molecule has 2 N–H and O–H groups in total. The lowest BCUT2D eigenvalue weighted by Gasteiger charge is -2.11. The van der Waals surface area contributed by atoms with Gasteiger partial charge in [-0.2, -0.15) is 0 Å². The van der Waals surface area contributed by atoms with E-state index in [0.717, 1.165) is 5.56 Å². The van der Waals surface area contributed by atoms with Gasteiger partial charge in [0.05, 0.1) is 10.6 Å². The van der Waals surface area contributed by atoms with Gasteiger partial charge in [0, 0.05) is 10.7 Å². The SMILES string of the molecule is Cc1ccccc1NS(=O)(=O)c1ccc(NC(=O)COc2ccc(Cl)cc2)cc1. The number of carbonyl (C=O) groups excluding carboxylic acids is 1. The van der Waals surface area contributed by atoms with E-state index in [1.807, 2.05) is 19.1 Å². The predicted octanol–water partition coefficient (Wildman–Crippen LogP) is 4.47. The maximum Gasteiger partial charge on any atom is 0.262 e. The predicted molar refractivity (Wildman–Crippen MR) is 114 cm³/mol. The number of carbonyl (C=O) groups is 1. The lowest BCUT2D eigenvalue weighted by Crippen LogP contribution is -2.20. The van der Waals surface area contributed by atoms with E-state index < -0.39 is 10.0 Å². The number of benzene rings is 3. The third-order valence-corrected chi connectivity index (χ3v) is 5.65. The molecule has 0 aliphatic carbocycles. The van der Waals surface area contributed by atoms with Crippen LogP contribution in [0.1, 0.15) is 5.56 Å². The largest absolute Gasteiger partial charge is 0.484 e. The third kappa shape index (κ3) is 5.73. The van der Waals surface area contributed by atoms with Gasteiger partial charge in [-0.15, -0.1) is 0 Å². The topological polar surface area (TPSA) is 84.5 Å². The van der Waals surface area contributed by atoms with Gasteiger partial charge in [-0.1, -0.05) is 29.8 Å². The molecule has 0 unspecified atom stereocenters. The van der Waals surface area contributed by atoms with Crippen molar-refractivity contribution in [1.82, 2.24) is 0 Å². The molecule has 29 heavy (non-hydrogen) atoms. The van der Waals surface area contributed by atoms with E-state index in [1.165, 1.54) is 24.3 Å². The van der Waals surface area contributed by atoms with Gasteiger partial charge >= 0.3 is 0 Å². The number of anilines is 2. The molecule has 0 radical (unpaired) electrons. The van der Waals surface area contributed by atoms with E-state index in [0.29, 0.717) is 22.1 Å². The molecular weight excluding hydrogens is 412 g/mol. The number of rotatable bonds is 7. The van der Waals surface area contributed by atoms with E-state index in [1.54, 1.807) is 36.4 Å². The Balaban J connectivity index is 1.59. The van der Waals surface area contributed by atoms with E-state index in [9.17, 15) is 13.2 Å². The van der Waals surface area contributed by atoms with Crippen LogP contribution in [0.5, 0.6) is 5.75 Å². The van der Waals surface area contributed by atoms with Crippen molar-refractivity contribution in [1.29, 1.82) is 0 Å². The number of hydrogen-bond donors (Lipinski definition) is 2. The minimum atomic E-state index is -3.73. The monoisotopic (exact) mass is 430 g/mol. The first-order valence-electron chi connectivity index (χ1n) is 8.70. The lowest BCUT2D eigenvalue weighted by atomic mass is 10.2. The van der Waals surface area contributed by atoms with Crippen molar-refractivity contribution < 1.29 is 17.9 Å². The summed E-state index contributed by atoms with van der Waals surface area (Å²) in [7, 11) is -3.73. The van der Waals surface area contributed by atoms with Crippen LogP contribution in [0.4, 0.5) is 11.4 Å². The third-order valence-electron chi connectivity index (χ3n) is 4.02. The summed E-state index contributed by atoms with van der Waals surface area (Å²) in [5.41, 5.74) is 1.80. The van der Waals surface area contributed by atoms with Crippen molar-refractivity contribution in [3.8, 4) is 5.75 Å². The van der Waals surface area contributed by atoms with Gasteiger partial charge in [0.15, 0.2) is 6.61 Å². The van der Waals surface area contributed by atoms with Gasteiger partial charge in [0.25, 0.3) is 15.9 Å². The Kier molecular flexibility index (Phi) is 6.41. The highest BCUT2D eigenvalue weighted by Gasteiger charge is 2.15. The van der Waals surface area contributed by atoms with Crippen LogP contribution >= 0.6 is 11.6 Å². The first kappa shape index (κ1) is 20.7. The maximum absolute atomic E-state index is 12.5. The zero-order valence-corrected chi connectivity index (χ0v) is 17.1. The average Bonchev–Trinajstić information content (AvgIpc) is 2.70. The minimum absolute atomic E-state index is 0.0937. The number of sulfonamides is 1. The smallest absolute Gasteiger partial charge is 0.262 e. The summed E-state index contributed by atoms with van der Waals surface area (Å²) in [6, 6.07) is 19.7. The van der Waals surface area contributed by atoms with Crippen LogP contribution in [-0.2, 0) is 14.8 Å². The number of halogens is 1. The molecule has 6 nitrogen and oxygen atoms in total. The van der Waals surface area contributed by atoms with Crippen LogP contribution < -0.4 is 14.8 Å². The Morgan fingerprint density at radius 3 is 2.28 bits per heavy atom. The van der Waals surface area contributed by atoms with Crippen molar-refractivity contribution in [2.24, 2.45) is 0 Å². The molecule has 0 saturated heterocycles. The van der Waals surface area contributed by atoms with Crippen molar-refractivity contribution in [2.75, 3.05) is 16.6 Å². The van der Waals surface area contributed by atoms with Crippen molar-refractivity contribution >= 4 is 38.9 Å². The fraction of sp³-hybridized carbons (Fsp3) is 0.0952. The van der Waals surface area contributed by atoms with Crippen molar-refractivity contribution in [2.45, 2.75) is 11.8 Å². The van der Waals surface area contributed by atoms with E-state index in [-0.39, 0.29) is 17.4 Å². The van der Waals surface area contributed by atoms with E-state index >= 15 is 0 Å². The molecule has 3 aromatic carbocycles. The second-order valence-electron chi connectivity index (χ2n) is 6.24. The Labute approximate surface area is 174 Å². The zero-order valence-electron chi connectivity index (χ0n) is 15.6. The van der Waals surface area contributed by atoms with Gasteiger partial charge in [-0.05, 0) is 67.1 Å². The Bertz CT molecular complexity index is 1100.